The SMILES string of the molecule is C=CCC=Nc1cc(CC)ccc1C. The van der Waals surface area contributed by atoms with Gasteiger partial charge in [0.25, 0.3) is 0 Å². The number of aliphatic imine (C=N–C) groups is 1. The van der Waals surface area contributed by atoms with Crippen LogP contribution in [0.15, 0.2) is 35.8 Å². The smallest absolute Gasteiger partial charge is 0.0657 e. The van der Waals surface area contributed by atoms with Gasteiger partial charge in [0.1, 0.15) is 0 Å². The third-order valence-corrected chi connectivity index (χ3v) is 2.18. The molecule has 0 aliphatic heterocycles. The van der Waals surface area contributed by atoms with Gasteiger partial charge in [0.05, 0.1) is 5.69 Å². The molecule has 0 unspecified atom stereocenters. The van der Waals surface area contributed by atoms with Crippen LogP contribution in [0.2, 0.25) is 0 Å². The van der Waals surface area contributed by atoms with Gasteiger partial charge in [0, 0.05) is 12.6 Å². The van der Waals surface area contributed by atoms with Crippen molar-refractivity contribution in [3.05, 3.63) is 42.0 Å². The highest BCUT2D eigenvalue weighted by atomic mass is 14.7. The highest BCUT2D eigenvalue weighted by molar-refractivity contribution is 5.66. The molecule has 1 nitrogen and oxygen atoms in total. The van der Waals surface area contributed by atoms with E-state index in [-0.39, 0.29) is 0 Å². The van der Waals surface area contributed by atoms with E-state index >= 15 is 0 Å². The number of benzene rings is 1. The van der Waals surface area contributed by atoms with Crippen LogP contribution in [0, 0.1) is 6.92 Å². The van der Waals surface area contributed by atoms with Gasteiger partial charge >= 0.3 is 0 Å². The molecule has 0 aromatic heterocycles. The van der Waals surface area contributed by atoms with Gasteiger partial charge < -0.3 is 0 Å². The maximum absolute atomic E-state index is 4.41. The number of hydrogen-bond acceptors (Lipinski definition) is 1. The standard InChI is InChI=1S/C13H17N/c1-4-6-9-14-13-10-12(5-2)8-7-11(13)3/h4,7-10H,1,5-6H2,2-3H3. The number of rotatable bonds is 4. The van der Waals surface area contributed by atoms with E-state index in [2.05, 4.69) is 43.6 Å². The Morgan fingerprint density at radius 1 is 1.43 bits per heavy atom. The summed E-state index contributed by atoms with van der Waals surface area (Å²) in [5.74, 6) is 0. The van der Waals surface area contributed by atoms with E-state index in [1.807, 2.05) is 12.3 Å². The second-order valence-electron chi connectivity index (χ2n) is 3.31. The zero-order valence-corrected chi connectivity index (χ0v) is 8.96. The van der Waals surface area contributed by atoms with E-state index in [1.165, 1.54) is 11.1 Å². The predicted octanol–water partition coefficient (Wildman–Crippen LogP) is 3.84. The Hall–Kier alpha value is -1.37. The first-order valence-electron chi connectivity index (χ1n) is 5.01. The quantitative estimate of drug-likeness (QED) is 0.501. The molecule has 0 amide bonds. The van der Waals surface area contributed by atoms with Gasteiger partial charge in [-0.3, -0.25) is 4.99 Å². The molecule has 0 saturated carbocycles. The Morgan fingerprint density at radius 2 is 2.21 bits per heavy atom. The Kier molecular flexibility index (Phi) is 4.11. The lowest BCUT2D eigenvalue weighted by Gasteiger charge is -2.02. The maximum atomic E-state index is 4.41. The molecule has 0 aliphatic carbocycles. The lowest BCUT2D eigenvalue weighted by Crippen LogP contribution is -1.82. The molecule has 0 radical (unpaired) electrons. The number of allylic oxidation sites excluding steroid dienone is 1. The average Bonchev–Trinajstić information content (AvgIpc) is 2.21. The van der Waals surface area contributed by atoms with E-state index < -0.39 is 0 Å². The minimum atomic E-state index is 0.829. The van der Waals surface area contributed by atoms with Crippen molar-refractivity contribution in [3.8, 4) is 0 Å². The fourth-order valence-electron chi connectivity index (χ4n) is 1.24. The Bertz CT molecular complexity index is 337. The molecule has 14 heavy (non-hydrogen) atoms. The fourth-order valence-corrected chi connectivity index (χ4v) is 1.24. The molecular weight excluding hydrogens is 170 g/mol. The monoisotopic (exact) mass is 187 g/mol. The van der Waals surface area contributed by atoms with Crippen LogP contribution in [-0.2, 0) is 6.42 Å². The largest absolute Gasteiger partial charge is 0.261 e. The van der Waals surface area contributed by atoms with Crippen molar-refractivity contribution >= 4 is 11.9 Å². The van der Waals surface area contributed by atoms with Crippen molar-refractivity contribution in [1.82, 2.24) is 0 Å². The molecule has 0 atom stereocenters. The Balaban J connectivity index is 2.88. The average molecular weight is 187 g/mol. The molecule has 0 fully saturated rings. The molecular formula is C13H17N. The third kappa shape index (κ3) is 2.84. The second kappa shape index (κ2) is 5.38. The van der Waals surface area contributed by atoms with E-state index in [9.17, 15) is 0 Å². The van der Waals surface area contributed by atoms with Crippen LogP contribution in [0.5, 0.6) is 0 Å². The Labute approximate surface area is 86.2 Å². The summed E-state index contributed by atoms with van der Waals surface area (Å²) >= 11 is 0. The molecule has 1 heteroatoms. The van der Waals surface area contributed by atoms with Crippen molar-refractivity contribution in [2.24, 2.45) is 4.99 Å². The van der Waals surface area contributed by atoms with Crippen LogP contribution in [-0.4, -0.2) is 6.21 Å². The van der Waals surface area contributed by atoms with Crippen LogP contribution >= 0.6 is 0 Å². The number of aryl methyl sites for hydroxylation is 2. The summed E-state index contributed by atoms with van der Waals surface area (Å²) in [5, 5.41) is 0. The topological polar surface area (TPSA) is 12.4 Å². The van der Waals surface area contributed by atoms with Crippen LogP contribution in [0.1, 0.15) is 24.5 Å². The summed E-state index contributed by atoms with van der Waals surface area (Å²) in [5.41, 5.74) is 3.63. The zero-order chi connectivity index (χ0) is 10.4. The first kappa shape index (κ1) is 10.7. The first-order valence-corrected chi connectivity index (χ1v) is 5.01. The molecule has 0 aliphatic rings. The number of nitrogens with zero attached hydrogens (tertiary/aromatic N) is 1. The highest BCUT2D eigenvalue weighted by Crippen LogP contribution is 2.20. The second-order valence-corrected chi connectivity index (χ2v) is 3.31. The van der Waals surface area contributed by atoms with Gasteiger partial charge in [-0.25, -0.2) is 0 Å². The molecule has 1 aromatic rings. The lowest BCUT2D eigenvalue weighted by molar-refractivity contribution is 1.13. The van der Waals surface area contributed by atoms with E-state index in [0.29, 0.717) is 0 Å². The molecule has 0 N–H and O–H groups in total. The van der Waals surface area contributed by atoms with Crippen molar-refractivity contribution in [3.63, 3.8) is 0 Å². The van der Waals surface area contributed by atoms with E-state index in [1.54, 1.807) is 0 Å². The van der Waals surface area contributed by atoms with Gasteiger partial charge in [-0.15, -0.1) is 6.58 Å². The minimum absolute atomic E-state index is 0.829. The number of hydrogen-bond donors (Lipinski definition) is 0. The lowest BCUT2D eigenvalue weighted by atomic mass is 10.1. The van der Waals surface area contributed by atoms with E-state index in [0.717, 1.165) is 18.5 Å². The molecule has 0 heterocycles. The van der Waals surface area contributed by atoms with Crippen molar-refractivity contribution in [1.29, 1.82) is 0 Å². The summed E-state index contributed by atoms with van der Waals surface area (Å²) in [6.45, 7) is 7.89. The van der Waals surface area contributed by atoms with Crippen LogP contribution < -0.4 is 0 Å². The normalized spacial score (nSPS) is 10.7. The summed E-state index contributed by atoms with van der Waals surface area (Å²) in [7, 11) is 0. The molecule has 0 spiro atoms. The molecule has 74 valence electrons. The Morgan fingerprint density at radius 3 is 2.86 bits per heavy atom. The summed E-state index contributed by atoms with van der Waals surface area (Å²) in [4.78, 5) is 4.41. The summed E-state index contributed by atoms with van der Waals surface area (Å²) < 4.78 is 0. The van der Waals surface area contributed by atoms with Crippen LogP contribution in [0.4, 0.5) is 5.69 Å². The molecule has 1 rings (SSSR count). The van der Waals surface area contributed by atoms with Gasteiger partial charge in [-0.1, -0.05) is 25.1 Å². The summed E-state index contributed by atoms with van der Waals surface area (Å²) in [6.07, 6.45) is 5.64. The third-order valence-electron chi connectivity index (χ3n) is 2.18. The first-order chi connectivity index (χ1) is 6.77. The van der Waals surface area contributed by atoms with Gasteiger partial charge in [0.2, 0.25) is 0 Å². The minimum Gasteiger partial charge on any atom is -0.261 e. The zero-order valence-electron chi connectivity index (χ0n) is 8.96. The van der Waals surface area contributed by atoms with Crippen molar-refractivity contribution in [2.75, 3.05) is 0 Å². The molecule has 0 saturated heterocycles. The highest BCUT2D eigenvalue weighted by Gasteiger charge is 1.96. The van der Waals surface area contributed by atoms with Gasteiger partial charge in [-0.05, 0) is 30.5 Å². The van der Waals surface area contributed by atoms with E-state index in [4.69, 9.17) is 0 Å². The fraction of sp³-hybridized carbons (Fsp3) is 0.308. The molecule has 1 aromatic carbocycles. The van der Waals surface area contributed by atoms with Crippen LogP contribution in [0.3, 0.4) is 0 Å². The van der Waals surface area contributed by atoms with Crippen molar-refractivity contribution in [2.45, 2.75) is 26.7 Å². The van der Waals surface area contributed by atoms with Crippen molar-refractivity contribution < 1.29 is 0 Å². The van der Waals surface area contributed by atoms with Gasteiger partial charge in [0.15, 0.2) is 0 Å². The van der Waals surface area contributed by atoms with Crippen LogP contribution in [0.25, 0.3) is 0 Å². The molecule has 0 bridgehead atoms. The predicted molar refractivity (Wildman–Crippen MR) is 63.5 cm³/mol. The van der Waals surface area contributed by atoms with Gasteiger partial charge in [-0.2, -0.15) is 0 Å². The maximum Gasteiger partial charge on any atom is 0.0657 e. The summed E-state index contributed by atoms with van der Waals surface area (Å²) in [6, 6.07) is 6.43.